The van der Waals surface area contributed by atoms with E-state index in [1.807, 2.05) is 32.1 Å². The fourth-order valence-corrected chi connectivity index (χ4v) is 4.33. The fraction of sp³-hybridized carbons (Fsp3) is 0.222. The van der Waals surface area contributed by atoms with Crippen LogP contribution in [0.2, 0.25) is 0 Å². The molecule has 2 aromatic rings. The molecule has 3 aliphatic rings. The number of benzene rings is 2. The van der Waals surface area contributed by atoms with E-state index >= 15 is 0 Å². The van der Waals surface area contributed by atoms with Crippen LogP contribution in [0.25, 0.3) is 10.8 Å². The number of fused-ring (bicyclic) bond motifs is 1. The van der Waals surface area contributed by atoms with Gasteiger partial charge in [-0.3, -0.25) is 0 Å². The molecule has 0 spiro atoms. The molecule has 0 N–H and O–H groups in total. The van der Waals surface area contributed by atoms with Crippen LogP contribution < -0.4 is 0 Å². The number of aliphatic imine (C=N–C) groups is 1. The Morgan fingerprint density at radius 2 is 1.55 bits per heavy atom. The van der Waals surface area contributed by atoms with Crippen molar-refractivity contribution < 1.29 is 21.8 Å². The Morgan fingerprint density at radius 3 is 2.19 bits per heavy atom. The number of nitrogens with zero attached hydrogens (tertiary/aromatic N) is 1. The zero-order valence-electron chi connectivity index (χ0n) is 18.0. The predicted molar refractivity (Wildman–Crippen MR) is 134 cm³/mol. The second-order valence-corrected chi connectivity index (χ2v) is 9.75. The molecule has 31 heavy (non-hydrogen) atoms. The summed E-state index contributed by atoms with van der Waals surface area (Å²) >= 11 is 2.39. The Kier molecular flexibility index (Phi) is 8.91. The summed E-state index contributed by atoms with van der Waals surface area (Å²) in [5, 5.41) is 2.52. The van der Waals surface area contributed by atoms with Gasteiger partial charge in [0.1, 0.15) is 6.61 Å². The van der Waals surface area contributed by atoms with Crippen LogP contribution in [0.1, 0.15) is 26.3 Å². The first kappa shape index (κ1) is 25.1. The molecule has 4 heteroatoms. The van der Waals surface area contributed by atoms with E-state index in [1.54, 1.807) is 0 Å². The van der Waals surface area contributed by atoms with Crippen molar-refractivity contribution >= 4 is 39.3 Å². The molecule has 0 unspecified atom stereocenters. The van der Waals surface area contributed by atoms with E-state index in [0.717, 1.165) is 11.8 Å². The minimum atomic E-state index is 0. The first-order chi connectivity index (χ1) is 14.4. The zero-order chi connectivity index (χ0) is 21.1. The minimum absolute atomic E-state index is 0. The first-order valence-electron chi connectivity index (χ1n) is 10.3. The molecule has 2 fully saturated rings. The molecule has 1 atom stereocenters. The van der Waals surface area contributed by atoms with Gasteiger partial charge in [-0.2, -0.15) is 0 Å². The van der Waals surface area contributed by atoms with Crippen LogP contribution in [0.4, 0.5) is 0 Å². The Hall–Kier alpha value is -0.581. The van der Waals surface area contributed by atoms with Crippen LogP contribution in [0.15, 0.2) is 47.5 Å². The summed E-state index contributed by atoms with van der Waals surface area (Å²) < 4.78 is 7.23. The summed E-state index contributed by atoms with van der Waals surface area (Å²) in [5.41, 5.74) is 1.35. The molecule has 1 heterocycles. The monoisotopic (exact) mass is 563 g/mol. The van der Waals surface area contributed by atoms with Crippen molar-refractivity contribution in [3.8, 4) is 0 Å². The van der Waals surface area contributed by atoms with Gasteiger partial charge in [-0.05, 0) is 66.7 Å². The molecule has 0 bridgehead atoms. The molecule has 2 aromatic carbocycles. The maximum absolute atomic E-state index is 6.04. The van der Waals surface area contributed by atoms with Gasteiger partial charge in [0.15, 0.2) is 5.90 Å². The summed E-state index contributed by atoms with van der Waals surface area (Å²) in [6.07, 6.45) is 14.3. The van der Waals surface area contributed by atoms with Crippen molar-refractivity contribution in [1.29, 1.82) is 0 Å². The van der Waals surface area contributed by atoms with E-state index in [9.17, 15) is 0 Å². The molecule has 0 aromatic heterocycles. The number of rotatable bonds is 2. The molecule has 10 radical (unpaired) electrons. The van der Waals surface area contributed by atoms with Gasteiger partial charge in [-0.1, -0.05) is 85.8 Å². The second-order valence-electron chi connectivity index (χ2n) is 8.59. The van der Waals surface area contributed by atoms with E-state index in [2.05, 4.69) is 98.7 Å². The maximum Gasteiger partial charge on any atom is 2.00 e. The Labute approximate surface area is 212 Å². The van der Waals surface area contributed by atoms with Gasteiger partial charge in [-0.15, -0.1) is 0 Å². The van der Waals surface area contributed by atoms with E-state index in [0.29, 0.717) is 6.61 Å². The maximum atomic E-state index is 6.04. The standard InChI is InChI=1S/C22H21INO.C5H5.Fe/c1-22(2,3)19-13-25-21(24-19)20-17(11-12-18(20)23)16-10-6-8-14-7-4-5-9-15(14)16;1-2-4-5-3-1;/h4-12,19H,13H2,1-3H3;1-5H;/q;;+2/t19-;;/m1../s1. The number of halogens is 1. The number of ether oxygens (including phenoxy) is 1. The van der Waals surface area contributed by atoms with Crippen LogP contribution in [-0.4, -0.2) is 18.5 Å². The average molecular weight is 563 g/mol. The van der Waals surface area contributed by atoms with Crippen molar-refractivity contribution in [2.75, 3.05) is 6.61 Å². The molecule has 5 rings (SSSR count). The van der Waals surface area contributed by atoms with Crippen LogP contribution >= 0.6 is 22.6 Å². The van der Waals surface area contributed by atoms with Gasteiger partial charge in [0.2, 0.25) is 0 Å². The van der Waals surface area contributed by atoms with E-state index in [4.69, 9.17) is 9.73 Å². The average Bonchev–Trinajstić information content (AvgIpc) is 3.49. The summed E-state index contributed by atoms with van der Waals surface area (Å²) in [6, 6.07) is 15.2. The van der Waals surface area contributed by atoms with Crippen molar-refractivity contribution in [3.63, 3.8) is 0 Å². The van der Waals surface area contributed by atoms with E-state index < -0.39 is 0 Å². The second kappa shape index (κ2) is 11.0. The van der Waals surface area contributed by atoms with Crippen molar-refractivity contribution in [3.05, 3.63) is 109 Å². The third kappa shape index (κ3) is 5.86. The smallest absolute Gasteiger partial charge is 0.478 e. The van der Waals surface area contributed by atoms with E-state index in [-0.39, 0.29) is 28.5 Å². The molecule has 2 saturated carbocycles. The minimum Gasteiger partial charge on any atom is -0.478 e. The van der Waals surface area contributed by atoms with Gasteiger partial charge >= 0.3 is 17.1 Å². The van der Waals surface area contributed by atoms with Gasteiger partial charge in [0.25, 0.3) is 0 Å². The third-order valence-electron chi connectivity index (χ3n) is 5.40. The molecule has 2 aliphatic carbocycles. The van der Waals surface area contributed by atoms with Crippen LogP contribution in [0, 0.1) is 66.1 Å². The van der Waals surface area contributed by atoms with Crippen LogP contribution in [-0.2, 0) is 21.8 Å². The Bertz CT molecular complexity index is 873. The molecule has 0 amide bonds. The van der Waals surface area contributed by atoms with Crippen molar-refractivity contribution in [1.82, 2.24) is 0 Å². The van der Waals surface area contributed by atoms with Crippen molar-refractivity contribution in [2.24, 2.45) is 10.4 Å². The third-order valence-corrected chi connectivity index (χ3v) is 6.30. The molecule has 1 aliphatic heterocycles. The molecular weight excluding hydrogens is 537 g/mol. The summed E-state index contributed by atoms with van der Waals surface area (Å²) in [4.78, 5) is 4.92. The van der Waals surface area contributed by atoms with Crippen molar-refractivity contribution in [2.45, 2.75) is 26.8 Å². The zero-order valence-corrected chi connectivity index (χ0v) is 21.2. The molecule has 158 valence electrons. The van der Waals surface area contributed by atoms with Gasteiger partial charge in [0, 0.05) is 5.92 Å². The number of hydrogen-bond acceptors (Lipinski definition) is 2. The van der Waals surface area contributed by atoms with E-state index in [1.165, 1.54) is 26.2 Å². The molecule has 2 nitrogen and oxygen atoms in total. The van der Waals surface area contributed by atoms with Crippen LogP contribution in [0.5, 0.6) is 0 Å². The van der Waals surface area contributed by atoms with Gasteiger partial charge < -0.3 is 4.74 Å². The molecule has 0 saturated heterocycles. The Balaban J connectivity index is 0.000000401. The normalized spacial score (nSPS) is 22.6. The summed E-state index contributed by atoms with van der Waals surface area (Å²) in [5.74, 6) is 3.12. The number of hydrogen-bond donors (Lipinski definition) is 0. The summed E-state index contributed by atoms with van der Waals surface area (Å²) in [7, 11) is 0. The Morgan fingerprint density at radius 1 is 0.903 bits per heavy atom. The quantitative estimate of drug-likeness (QED) is 0.299. The summed E-state index contributed by atoms with van der Waals surface area (Å²) in [6.45, 7) is 7.31. The largest absolute Gasteiger partial charge is 2.00 e. The first-order valence-corrected chi connectivity index (χ1v) is 11.3. The topological polar surface area (TPSA) is 21.6 Å². The van der Waals surface area contributed by atoms with Crippen LogP contribution in [0.3, 0.4) is 0 Å². The molecular formula is C27H26FeINO+2. The van der Waals surface area contributed by atoms with Gasteiger partial charge in [0.05, 0.1) is 15.9 Å². The van der Waals surface area contributed by atoms with Gasteiger partial charge in [-0.25, -0.2) is 4.99 Å². The fourth-order valence-electron chi connectivity index (χ4n) is 3.63. The predicted octanol–water partition coefficient (Wildman–Crippen LogP) is 6.59. The SMILES string of the molecule is CC(C)(C)[C@H]1COC([C]2[C](I)[CH][CH][C]2c2cccc3ccccc23)=N1.[CH]1[CH][CH][CH][CH]1.[Fe+2].